The summed E-state index contributed by atoms with van der Waals surface area (Å²) in [6.07, 6.45) is 1.66. The van der Waals surface area contributed by atoms with Gasteiger partial charge in [-0.3, -0.25) is 9.59 Å². The van der Waals surface area contributed by atoms with E-state index in [1.165, 1.54) is 4.68 Å². The van der Waals surface area contributed by atoms with Crippen LogP contribution in [-0.2, 0) is 19.1 Å². The van der Waals surface area contributed by atoms with Gasteiger partial charge in [-0.15, -0.1) is 5.11 Å². The SMILES string of the molecule is Cn1c(C(=O)N=N)ccc1-c1cccc(-n2ncc3cc(C(C)(C)C)ccc3c2=O)c1CO. The fourth-order valence-electron chi connectivity index (χ4n) is 4.02. The van der Waals surface area contributed by atoms with Gasteiger partial charge in [0.1, 0.15) is 5.69 Å². The minimum atomic E-state index is -0.660. The molecule has 2 aromatic carbocycles. The van der Waals surface area contributed by atoms with E-state index in [-0.39, 0.29) is 23.3 Å². The summed E-state index contributed by atoms with van der Waals surface area (Å²) < 4.78 is 2.91. The second kappa shape index (κ2) is 8.22. The first-order chi connectivity index (χ1) is 15.7. The van der Waals surface area contributed by atoms with Crippen LogP contribution in [0.25, 0.3) is 27.7 Å². The molecule has 0 unspecified atom stereocenters. The molecule has 8 nitrogen and oxygen atoms in total. The molecule has 4 aromatic rings. The monoisotopic (exact) mass is 443 g/mol. The van der Waals surface area contributed by atoms with E-state index in [0.29, 0.717) is 27.9 Å². The molecule has 0 saturated carbocycles. The molecule has 0 saturated heterocycles. The Morgan fingerprint density at radius 1 is 1.15 bits per heavy atom. The summed E-state index contributed by atoms with van der Waals surface area (Å²) in [5.74, 6) is -0.660. The molecule has 2 heterocycles. The van der Waals surface area contributed by atoms with Gasteiger partial charge in [0, 0.05) is 29.3 Å². The maximum Gasteiger partial charge on any atom is 0.311 e. The van der Waals surface area contributed by atoms with Crippen molar-refractivity contribution in [1.82, 2.24) is 14.3 Å². The Hall–Kier alpha value is -3.91. The van der Waals surface area contributed by atoms with Crippen LogP contribution in [0, 0.1) is 5.53 Å². The summed E-state index contributed by atoms with van der Waals surface area (Å²) in [4.78, 5) is 25.2. The molecule has 0 spiro atoms. The predicted octanol–water partition coefficient (Wildman–Crippen LogP) is 4.35. The zero-order valence-corrected chi connectivity index (χ0v) is 19.0. The lowest BCUT2D eigenvalue weighted by molar-refractivity contribution is 0.0983. The first kappa shape index (κ1) is 22.3. The van der Waals surface area contributed by atoms with Crippen molar-refractivity contribution in [2.45, 2.75) is 32.8 Å². The van der Waals surface area contributed by atoms with Crippen molar-refractivity contribution in [3.05, 3.63) is 81.9 Å². The van der Waals surface area contributed by atoms with Crippen molar-refractivity contribution in [3.8, 4) is 16.9 Å². The van der Waals surface area contributed by atoms with Crippen LogP contribution in [0.4, 0.5) is 0 Å². The molecule has 0 aliphatic heterocycles. The Bertz CT molecular complexity index is 1460. The molecule has 0 atom stereocenters. The third kappa shape index (κ3) is 3.78. The quantitative estimate of drug-likeness (QED) is 0.456. The van der Waals surface area contributed by atoms with Crippen LogP contribution < -0.4 is 5.56 Å². The number of aliphatic hydroxyl groups is 1. The molecule has 168 valence electrons. The minimum Gasteiger partial charge on any atom is -0.392 e. The van der Waals surface area contributed by atoms with E-state index in [0.717, 1.165) is 10.9 Å². The number of carbonyl (C=O) groups excluding carboxylic acids is 1. The Morgan fingerprint density at radius 2 is 1.91 bits per heavy atom. The molecular formula is C25H25N5O3. The highest BCUT2D eigenvalue weighted by Crippen LogP contribution is 2.30. The second-order valence-corrected chi connectivity index (χ2v) is 8.95. The van der Waals surface area contributed by atoms with Crippen molar-refractivity contribution >= 4 is 16.7 Å². The van der Waals surface area contributed by atoms with Crippen LogP contribution in [-0.4, -0.2) is 25.4 Å². The summed E-state index contributed by atoms with van der Waals surface area (Å²) in [7, 11) is 1.69. The van der Waals surface area contributed by atoms with Crippen LogP contribution in [0.5, 0.6) is 0 Å². The van der Waals surface area contributed by atoms with Crippen LogP contribution >= 0.6 is 0 Å². The fraction of sp³-hybridized carbons (Fsp3) is 0.240. The molecule has 0 bridgehead atoms. The predicted molar refractivity (Wildman–Crippen MR) is 126 cm³/mol. The van der Waals surface area contributed by atoms with Gasteiger partial charge in [0.2, 0.25) is 0 Å². The summed E-state index contributed by atoms with van der Waals surface area (Å²) in [6.45, 7) is 6.01. The minimum absolute atomic E-state index is 0.0516. The summed E-state index contributed by atoms with van der Waals surface area (Å²) in [6, 6.07) is 14.4. The van der Waals surface area contributed by atoms with E-state index in [1.807, 2.05) is 18.2 Å². The standard InChI is InChI=1S/C25H25N5O3/c1-25(2,3)16-8-9-17-15(12-16)13-27-30(24(17)33)21-7-5-6-18(19(21)14-31)20-10-11-22(29(20)4)23(32)28-26/h5-13,26,31H,14H2,1-4H3. The number of hydrogen-bond donors (Lipinski definition) is 2. The summed E-state index contributed by atoms with van der Waals surface area (Å²) in [5, 5.41) is 18.9. The van der Waals surface area contributed by atoms with E-state index < -0.39 is 5.91 Å². The van der Waals surface area contributed by atoms with E-state index in [1.54, 1.807) is 48.1 Å². The third-order valence-electron chi connectivity index (χ3n) is 5.91. The van der Waals surface area contributed by atoms with Crippen LogP contribution in [0.15, 0.2) is 64.6 Å². The van der Waals surface area contributed by atoms with Crippen molar-refractivity contribution in [3.63, 3.8) is 0 Å². The van der Waals surface area contributed by atoms with E-state index >= 15 is 0 Å². The Morgan fingerprint density at radius 3 is 2.58 bits per heavy atom. The van der Waals surface area contributed by atoms with Crippen molar-refractivity contribution in [1.29, 1.82) is 5.53 Å². The maximum absolute atomic E-state index is 13.3. The Balaban J connectivity index is 1.90. The van der Waals surface area contributed by atoms with Gasteiger partial charge in [-0.2, -0.15) is 9.78 Å². The number of carbonyl (C=O) groups is 1. The Labute approximate surface area is 190 Å². The molecule has 4 rings (SSSR count). The highest BCUT2D eigenvalue weighted by molar-refractivity contribution is 5.94. The van der Waals surface area contributed by atoms with Crippen LogP contribution in [0.1, 0.15) is 42.4 Å². The third-order valence-corrected chi connectivity index (χ3v) is 5.91. The number of aliphatic hydroxyl groups excluding tert-OH is 1. The number of hydrogen-bond acceptors (Lipinski definition) is 5. The first-order valence-electron chi connectivity index (χ1n) is 10.5. The van der Waals surface area contributed by atoms with Gasteiger partial charge < -0.3 is 9.67 Å². The second-order valence-electron chi connectivity index (χ2n) is 8.95. The lowest BCUT2D eigenvalue weighted by atomic mass is 9.86. The van der Waals surface area contributed by atoms with Gasteiger partial charge in [0.15, 0.2) is 0 Å². The number of benzene rings is 2. The largest absolute Gasteiger partial charge is 0.392 e. The van der Waals surface area contributed by atoms with Gasteiger partial charge in [-0.1, -0.05) is 39.0 Å². The lowest BCUT2D eigenvalue weighted by Gasteiger charge is -2.19. The molecule has 0 aliphatic carbocycles. The topological polar surface area (TPSA) is 113 Å². The van der Waals surface area contributed by atoms with Gasteiger partial charge >= 0.3 is 5.91 Å². The average molecular weight is 444 g/mol. The molecule has 33 heavy (non-hydrogen) atoms. The number of rotatable bonds is 4. The molecule has 0 radical (unpaired) electrons. The van der Waals surface area contributed by atoms with Gasteiger partial charge in [-0.25, -0.2) is 5.53 Å². The van der Waals surface area contributed by atoms with E-state index in [4.69, 9.17) is 5.53 Å². The molecule has 0 fully saturated rings. The molecule has 0 aliphatic rings. The van der Waals surface area contributed by atoms with Crippen LogP contribution in [0.3, 0.4) is 0 Å². The fourth-order valence-corrected chi connectivity index (χ4v) is 4.02. The van der Waals surface area contributed by atoms with Crippen molar-refractivity contribution < 1.29 is 9.90 Å². The zero-order valence-electron chi connectivity index (χ0n) is 19.0. The maximum atomic E-state index is 13.3. The van der Waals surface area contributed by atoms with Gasteiger partial charge in [-0.05, 0) is 41.3 Å². The zero-order chi connectivity index (χ0) is 23.9. The molecule has 8 heteroatoms. The number of fused-ring (bicyclic) bond motifs is 1. The number of amides is 1. The summed E-state index contributed by atoms with van der Waals surface area (Å²) in [5.41, 5.74) is 10.3. The normalized spacial score (nSPS) is 11.7. The molecule has 2 aromatic heterocycles. The summed E-state index contributed by atoms with van der Waals surface area (Å²) >= 11 is 0. The van der Waals surface area contributed by atoms with Crippen molar-refractivity contribution in [2.75, 3.05) is 0 Å². The van der Waals surface area contributed by atoms with Gasteiger partial charge in [0.25, 0.3) is 5.56 Å². The van der Waals surface area contributed by atoms with Crippen molar-refractivity contribution in [2.24, 2.45) is 12.2 Å². The molecule has 1 amide bonds. The molecule has 2 N–H and O–H groups in total. The van der Waals surface area contributed by atoms with Crippen LogP contribution in [0.2, 0.25) is 0 Å². The first-order valence-corrected chi connectivity index (χ1v) is 10.5. The Kier molecular flexibility index (Phi) is 5.55. The lowest BCUT2D eigenvalue weighted by Crippen LogP contribution is -2.23. The van der Waals surface area contributed by atoms with E-state index in [2.05, 4.69) is 31.0 Å². The average Bonchev–Trinajstić information content (AvgIpc) is 3.18. The number of nitrogens with one attached hydrogen (secondary N) is 1. The number of aromatic nitrogens is 3. The van der Waals surface area contributed by atoms with Gasteiger partial charge in [0.05, 0.1) is 23.9 Å². The smallest absolute Gasteiger partial charge is 0.311 e. The number of nitrogens with zero attached hydrogens (tertiary/aromatic N) is 4. The highest BCUT2D eigenvalue weighted by atomic mass is 16.3. The highest BCUT2D eigenvalue weighted by Gasteiger charge is 2.19. The van der Waals surface area contributed by atoms with E-state index in [9.17, 15) is 14.7 Å². The molecular weight excluding hydrogens is 418 g/mol.